The summed E-state index contributed by atoms with van der Waals surface area (Å²) in [6, 6.07) is 11.8. The van der Waals surface area contributed by atoms with Crippen molar-refractivity contribution in [2.75, 3.05) is 12.3 Å². The fraction of sp³-hybridized carbons (Fsp3) is 0.208. The maximum atomic E-state index is 15.2. The van der Waals surface area contributed by atoms with E-state index in [1.165, 1.54) is 22.7 Å². The largest absolute Gasteiger partial charge is 0.366 e. The number of benzene rings is 2. The molecular weight excluding hydrogens is 431 g/mol. The molecule has 0 spiro atoms. The molecule has 4 aromatic rings. The van der Waals surface area contributed by atoms with Crippen molar-refractivity contribution in [3.05, 3.63) is 83.3 Å². The summed E-state index contributed by atoms with van der Waals surface area (Å²) in [5, 5.41) is 6.60. The summed E-state index contributed by atoms with van der Waals surface area (Å²) in [6.07, 6.45) is 3.99. The summed E-state index contributed by atoms with van der Waals surface area (Å²) >= 11 is 0. The minimum atomic E-state index is -0.955. The Balaban J connectivity index is 1.34. The average Bonchev–Trinajstić information content (AvgIpc) is 3.47. The van der Waals surface area contributed by atoms with Gasteiger partial charge >= 0.3 is 0 Å². The lowest BCUT2D eigenvalue weighted by atomic mass is 9.92. The fourth-order valence-corrected chi connectivity index (χ4v) is 4.19. The second kappa shape index (κ2) is 7.91. The van der Waals surface area contributed by atoms with Crippen molar-refractivity contribution in [3.8, 4) is 11.1 Å². The van der Waals surface area contributed by atoms with Crippen LogP contribution < -0.4 is 11.1 Å². The lowest BCUT2D eigenvalue weighted by Crippen LogP contribution is -2.29. The van der Waals surface area contributed by atoms with Crippen molar-refractivity contribution in [3.63, 3.8) is 0 Å². The van der Waals surface area contributed by atoms with Gasteiger partial charge in [-0.3, -0.25) is 4.79 Å². The third-order valence-corrected chi connectivity index (χ3v) is 6.18. The fourth-order valence-electron chi connectivity index (χ4n) is 4.19. The highest BCUT2D eigenvalue weighted by molar-refractivity contribution is 5.96. The molecule has 1 aliphatic carbocycles. The number of rotatable bonds is 6. The molecule has 0 unspecified atom stereocenters. The van der Waals surface area contributed by atoms with E-state index in [-0.39, 0.29) is 29.3 Å². The lowest BCUT2D eigenvalue weighted by molar-refractivity contribution is 0.0944. The summed E-state index contributed by atoms with van der Waals surface area (Å²) in [7, 11) is 0. The van der Waals surface area contributed by atoms with Gasteiger partial charge < -0.3 is 11.1 Å². The zero-order valence-corrected chi connectivity index (χ0v) is 17.5. The standard InChI is InChI=1S/C24H20F3N5O/c25-16-3-1-15(2-4-16)24(8-9-24)10-11-29-22(33)20-18(26)6-5-17(21(20)27)14-7-12-32-19(13-14)30-23(28)31-32/h1-7,12-13H,8-11H2,(H2,28,31)(H,29,33). The van der Waals surface area contributed by atoms with E-state index in [0.29, 0.717) is 17.6 Å². The van der Waals surface area contributed by atoms with Crippen molar-refractivity contribution >= 4 is 17.5 Å². The van der Waals surface area contributed by atoms with Crippen molar-refractivity contribution in [1.82, 2.24) is 19.9 Å². The van der Waals surface area contributed by atoms with Gasteiger partial charge in [0.15, 0.2) is 5.65 Å². The van der Waals surface area contributed by atoms with Crippen molar-refractivity contribution in [2.24, 2.45) is 0 Å². The van der Waals surface area contributed by atoms with Gasteiger partial charge in [0.2, 0.25) is 5.95 Å². The first-order chi connectivity index (χ1) is 15.9. The zero-order valence-electron chi connectivity index (χ0n) is 17.5. The van der Waals surface area contributed by atoms with Crippen LogP contribution in [0.4, 0.5) is 19.1 Å². The topological polar surface area (TPSA) is 85.3 Å². The van der Waals surface area contributed by atoms with Gasteiger partial charge in [-0.05, 0) is 72.2 Å². The summed E-state index contributed by atoms with van der Waals surface area (Å²) in [5.74, 6) is -2.96. The molecule has 0 saturated heterocycles. The number of halogens is 3. The van der Waals surface area contributed by atoms with Gasteiger partial charge in [0.1, 0.15) is 23.0 Å². The molecule has 0 radical (unpaired) electrons. The molecule has 1 saturated carbocycles. The number of hydrogen-bond donors (Lipinski definition) is 2. The van der Waals surface area contributed by atoms with E-state index in [1.807, 2.05) is 0 Å². The third-order valence-electron chi connectivity index (χ3n) is 6.18. The maximum Gasteiger partial charge on any atom is 0.257 e. The number of aromatic nitrogens is 3. The average molecular weight is 451 g/mol. The van der Waals surface area contributed by atoms with Crippen molar-refractivity contribution < 1.29 is 18.0 Å². The number of nitrogens with one attached hydrogen (secondary N) is 1. The van der Waals surface area contributed by atoms with Gasteiger partial charge in [-0.1, -0.05) is 12.1 Å². The molecule has 2 aromatic carbocycles. The molecule has 2 aromatic heterocycles. The van der Waals surface area contributed by atoms with Gasteiger partial charge in [-0.15, -0.1) is 5.10 Å². The van der Waals surface area contributed by atoms with Crippen molar-refractivity contribution in [1.29, 1.82) is 0 Å². The second-order valence-corrected chi connectivity index (χ2v) is 8.27. The van der Waals surface area contributed by atoms with E-state index in [2.05, 4.69) is 15.4 Å². The maximum absolute atomic E-state index is 15.2. The first-order valence-corrected chi connectivity index (χ1v) is 10.5. The van der Waals surface area contributed by atoms with Crippen LogP contribution in [0.2, 0.25) is 0 Å². The highest BCUT2D eigenvalue weighted by atomic mass is 19.1. The number of fused-ring (bicyclic) bond motifs is 1. The van der Waals surface area contributed by atoms with Gasteiger partial charge in [0.25, 0.3) is 5.91 Å². The molecule has 6 nitrogen and oxygen atoms in total. The molecule has 168 valence electrons. The molecule has 1 fully saturated rings. The number of nitrogens with two attached hydrogens (primary N) is 1. The SMILES string of the molecule is Nc1nc2cc(-c3ccc(F)c(C(=O)NCCC4(c5ccc(F)cc5)CC4)c3F)ccn2n1. The van der Waals surface area contributed by atoms with E-state index in [0.717, 1.165) is 24.5 Å². The van der Waals surface area contributed by atoms with E-state index >= 15 is 4.39 Å². The minimum absolute atomic E-state index is 0.0654. The number of carbonyl (C=O) groups is 1. The van der Waals surface area contributed by atoms with Crippen LogP contribution in [0.25, 0.3) is 16.8 Å². The predicted octanol–water partition coefficient (Wildman–Crippen LogP) is 4.25. The Labute approximate surface area is 187 Å². The number of hydrogen-bond acceptors (Lipinski definition) is 4. The summed E-state index contributed by atoms with van der Waals surface area (Å²) in [6.45, 7) is 0.240. The number of amides is 1. The summed E-state index contributed by atoms with van der Waals surface area (Å²) in [4.78, 5) is 16.7. The van der Waals surface area contributed by atoms with Crippen LogP contribution in [0, 0.1) is 17.5 Å². The van der Waals surface area contributed by atoms with E-state index in [9.17, 15) is 13.6 Å². The Kier molecular flexibility index (Phi) is 5.03. The van der Waals surface area contributed by atoms with Crippen LogP contribution in [0.5, 0.6) is 0 Å². The van der Waals surface area contributed by atoms with Crippen LogP contribution in [-0.2, 0) is 5.41 Å². The molecule has 1 aliphatic rings. The van der Waals surface area contributed by atoms with Crippen LogP contribution in [0.3, 0.4) is 0 Å². The van der Waals surface area contributed by atoms with E-state index in [1.54, 1.807) is 30.5 Å². The molecule has 0 atom stereocenters. The number of pyridine rings is 1. The smallest absolute Gasteiger partial charge is 0.257 e. The highest BCUT2D eigenvalue weighted by Gasteiger charge is 2.43. The summed E-state index contributed by atoms with van der Waals surface area (Å²) in [5.41, 5.74) is 6.69. The van der Waals surface area contributed by atoms with Crippen LogP contribution in [0.1, 0.15) is 35.2 Å². The second-order valence-electron chi connectivity index (χ2n) is 8.27. The molecule has 33 heavy (non-hydrogen) atoms. The molecule has 1 amide bonds. The highest BCUT2D eigenvalue weighted by Crippen LogP contribution is 2.50. The molecular formula is C24H20F3N5O. The van der Waals surface area contributed by atoms with Crippen molar-refractivity contribution in [2.45, 2.75) is 24.7 Å². The van der Waals surface area contributed by atoms with Gasteiger partial charge in [0, 0.05) is 18.3 Å². The Bertz CT molecular complexity index is 1360. The number of carbonyl (C=O) groups excluding carboxylic acids is 1. The minimum Gasteiger partial charge on any atom is -0.366 e. The molecule has 0 bridgehead atoms. The normalized spacial score (nSPS) is 14.4. The Morgan fingerprint density at radius 2 is 1.85 bits per heavy atom. The number of nitrogens with zero attached hydrogens (tertiary/aromatic N) is 3. The lowest BCUT2D eigenvalue weighted by Gasteiger charge is -2.16. The molecule has 9 heteroatoms. The number of nitrogen functional groups attached to an aromatic ring is 1. The number of anilines is 1. The Morgan fingerprint density at radius 1 is 1.09 bits per heavy atom. The Hall–Kier alpha value is -3.88. The van der Waals surface area contributed by atoms with Crippen LogP contribution >= 0.6 is 0 Å². The first-order valence-electron chi connectivity index (χ1n) is 10.5. The summed E-state index contributed by atoms with van der Waals surface area (Å²) < 4.78 is 44.3. The Morgan fingerprint density at radius 3 is 2.58 bits per heavy atom. The van der Waals surface area contributed by atoms with Crippen LogP contribution in [-0.4, -0.2) is 27.0 Å². The van der Waals surface area contributed by atoms with Crippen LogP contribution in [0.15, 0.2) is 54.7 Å². The first kappa shape index (κ1) is 21.0. The molecule has 5 rings (SSSR count). The van der Waals surface area contributed by atoms with Gasteiger partial charge in [-0.2, -0.15) is 4.98 Å². The monoisotopic (exact) mass is 451 g/mol. The quantitative estimate of drug-likeness (QED) is 0.459. The molecule has 2 heterocycles. The zero-order chi connectivity index (χ0) is 23.2. The van der Waals surface area contributed by atoms with Gasteiger partial charge in [-0.25, -0.2) is 17.7 Å². The van der Waals surface area contributed by atoms with E-state index < -0.39 is 23.1 Å². The molecule has 0 aliphatic heterocycles. The molecule has 3 N–H and O–H groups in total. The van der Waals surface area contributed by atoms with E-state index in [4.69, 9.17) is 5.73 Å². The predicted molar refractivity (Wildman–Crippen MR) is 117 cm³/mol. The third kappa shape index (κ3) is 3.90. The van der Waals surface area contributed by atoms with Gasteiger partial charge in [0.05, 0.1) is 0 Å².